The lowest BCUT2D eigenvalue weighted by Crippen LogP contribution is -2.48. The molecule has 1 fully saturated rings. The minimum atomic E-state index is -1.65. The highest BCUT2D eigenvalue weighted by atomic mass is 28.4. The van der Waals surface area contributed by atoms with Crippen LogP contribution in [0.3, 0.4) is 0 Å². The lowest BCUT2D eigenvalue weighted by molar-refractivity contribution is 0.230. The van der Waals surface area contributed by atoms with Crippen molar-refractivity contribution in [3.05, 3.63) is 0 Å². The molecule has 1 aliphatic rings. The predicted octanol–water partition coefficient (Wildman–Crippen LogP) is 4.91. The van der Waals surface area contributed by atoms with Crippen LogP contribution in [0.1, 0.15) is 61.3 Å². The van der Waals surface area contributed by atoms with E-state index in [4.69, 9.17) is 4.43 Å². The Morgan fingerprint density at radius 2 is 1.50 bits per heavy atom. The molecular formula is C17H37NOSi. The first-order valence-corrected chi connectivity index (χ1v) is 10.5. The largest absolute Gasteiger partial charge is 0.416 e. The van der Waals surface area contributed by atoms with Crippen LogP contribution in [0.2, 0.25) is 16.6 Å². The molecule has 20 heavy (non-hydrogen) atoms. The quantitative estimate of drug-likeness (QED) is 0.591. The second-order valence-corrected chi connectivity index (χ2v) is 13.6. The molecule has 0 radical (unpaired) electrons. The van der Waals surface area contributed by atoms with Gasteiger partial charge in [0, 0.05) is 12.1 Å². The van der Waals surface area contributed by atoms with Crippen LogP contribution in [0.5, 0.6) is 0 Å². The van der Waals surface area contributed by atoms with Crippen molar-refractivity contribution in [2.45, 2.75) is 83.5 Å². The third-order valence-corrected chi connectivity index (χ3v) is 12.0. The van der Waals surface area contributed by atoms with E-state index in [-0.39, 0.29) is 0 Å². The summed E-state index contributed by atoms with van der Waals surface area (Å²) in [5, 5.41) is 0. The van der Waals surface area contributed by atoms with Gasteiger partial charge in [0.1, 0.15) is 0 Å². The molecule has 0 bridgehead atoms. The zero-order valence-electron chi connectivity index (χ0n) is 15.3. The molecule has 0 aromatic rings. The monoisotopic (exact) mass is 299 g/mol. The lowest BCUT2D eigenvalue weighted by Gasteiger charge is -2.42. The Labute approximate surface area is 128 Å². The summed E-state index contributed by atoms with van der Waals surface area (Å²) in [4.78, 5) is 2.38. The average Bonchev–Trinajstić information content (AvgIpc) is 2.96. The van der Waals surface area contributed by atoms with Gasteiger partial charge in [0.25, 0.3) is 0 Å². The molecule has 0 saturated heterocycles. The first-order chi connectivity index (χ1) is 9.09. The van der Waals surface area contributed by atoms with E-state index >= 15 is 0 Å². The number of nitrogens with zero attached hydrogens (tertiary/aromatic N) is 1. The second kappa shape index (κ2) is 6.49. The lowest BCUT2D eigenvalue weighted by atomic mass is 10.2. The normalized spacial score (nSPS) is 27.1. The molecule has 0 aromatic heterocycles. The molecule has 1 aliphatic carbocycles. The van der Waals surface area contributed by atoms with Gasteiger partial charge in [-0.25, -0.2) is 0 Å². The molecule has 3 heteroatoms. The molecule has 2 atom stereocenters. The molecule has 120 valence electrons. The molecule has 2 nitrogen and oxygen atoms in total. The third-order valence-electron chi connectivity index (χ3n) is 5.93. The summed E-state index contributed by atoms with van der Waals surface area (Å²) in [6, 6.07) is 0. The first-order valence-electron chi connectivity index (χ1n) is 8.40. The van der Waals surface area contributed by atoms with Crippen molar-refractivity contribution in [1.29, 1.82) is 0 Å². The van der Waals surface area contributed by atoms with Gasteiger partial charge >= 0.3 is 0 Å². The van der Waals surface area contributed by atoms with Crippen LogP contribution in [-0.2, 0) is 4.43 Å². The van der Waals surface area contributed by atoms with Gasteiger partial charge in [-0.15, -0.1) is 0 Å². The number of hydrogen-bond donors (Lipinski definition) is 0. The maximum atomic E-state index is 6.66. The SMILES string of the molecule is CC(C)[Si](OCCC1CC1(C)N(C)C)(C(C)C)C(C)C. The molecule has 1 rings (SSSR count). The van der Waals surface area contributed by atoms with E-state index in [1.165, 1.54) is 12.8 Å². The van der Waals surface area contributed by atoms with Crippen molar-refractivity contribution in [3.63, 3.8) is 0 Å². The Morgan fingerprint density at radius 3 is 1.80 bits per heavy atom. The molecule has 0 aromatic carbocycles. The summed E-state index contributed by atoms with van der Waals surface area (Å²) >= 11 is 0. The van der Waals surface area contributed by atoms with E-state index in [0.29, 0.717) is 22.2 Å². The van der Waals surface area contributed by atoms with Crippen LogP contribution in [0, 0.1) is 5.92 Å². The fourth-order valence-electron chi connectivity index (χ4n) is 4.28. The van der Waals surface area contributed by atoms with Gasteiger partial charge in [0.05, 0.1) is 0 Å². The van der Waals surface area contributed by atoms with E-state index in [1.807, 2.05) is 0 Å². The summed E-state index contributed by atoms with van der Waals surface area (Å²) in [7, 11) is 2.76. The fourth-order valence-corrected chi connectivity index (χ4v) is 9.75. The van der Waals surface area contributed by atoms with E-state index in [9.17, 15) is 0 Å². The molecule has 2 unspecified atom stereocenters. The number of rotatable bonds is 8. The minimum absolute atomic E-state index is 0.432. The van der Waals surface area contributed by atoms with Gasteiger partial charge in [0.2, 0.25) is 0 Å². The highest BCUT2D eigenvalue weighted by Gasteiger charge is 2.52. The van der Waals surface area contributed by atoms with Crippen LogP contribution in [-0.4, -0.2) is 39.5 Å². The van der Waals surface area contributed by atoms with Crippen LogP contribution in [0.15, 0.2) is 0 Å². The third kappa shape index (κ3) is 3.31. The Bertz CT molecular complexity index is 292. The maximum absolute atomic E-state index is 6.66. The Hall–Kier alpha value is 0.137. The molecule has 0 N–H and O–H groups in total. The summed E-state index contributed by atoms with van der Waals surface area (Å²) in [6.45, 7) is 17.6. The minimum Gasteiger partial charge on any atom is -0.416 e. The molecular weight excluding hydrogens is 262 g/mol. The Balaban J connectivity index is 2.57. The van der Waals surface area contributed by atoms with Gasteiger partial charge < -0.3 is 9.33 Å². The van der Waals surface area contributed by atoms with Crippen LogP contribution in [0.25, 0.3) is 0 Å². The van der Waals surface area contributed by atoms with Crippen LogP contribution in [0.4, 0.5) is 0 Å². The number of hydrogen-bond acceptors (Lipinski definition) is 2. The standard InChI is InChI=1S/C17H37NOSi/c1-13(2)20(14(3)4,15(5)6)19-11-10-16-12-17(16,7)18(8)9/h13-16H,10-12H2,1-9H3. The second-order valence-electron chi connectivity index (χ2n) is 8.11. The van der Waals surface area contributed by atoms with Crippen molar-refractivity contribution in [1.82, 2.24) is 4.90 Å². The van der Waals surface area contributed by atoms with E-state index in [1.54, 1.807) is 0 Å². The highest BCUT2D eigenvalue weighted by molar-refractivity contribution is 6.77. The van der Waals surface area contributed by atoms with Gasteiger partial charge in [-0.05, 0) is 56.4 Å². The van der Waals surface area contributed by atoms with Crippen LogP contribution < -0.4 is 0 Å². The van der Waals surface area contributed by atoms with E-state index < -0.39 is 8.32 Å². The van der Waals surface area contributed by atoms with Crippen LogP contribution >= 0.6 is 0 Å². The zero-order chi connectivity index (χ0) is 15.7. The van der Waals surface area contributed by atoms with Gasteiger partial charge in [-0.2, -0.15) is 0 Å². The van der Waals surface area contributed by atoms with Crippen molar-refractivity contribution in [2.24, 2.45) is 5.92 Å². The molecule has 0 spiro atoms. The van der Waals surface area contributed by atoms with E-state index in [0.717, 1.165) is 12.5 Å². The van der Waals surface area contributed by atoms with Crippen molar-refractivity contribution < 1.29 is 4.43 Å². The van der Waals surface area contributed by atoms with Gasteiger partial charge in [-0.3, -0.25) is 0 Å². The van der Waals surface area contributed by atoms with Gasteiger partial charge in [-0.1, -0.05) is 41.5 Å². The summed E-state index contributed by atoms with van der Waals surface area (Å²) < 4.78 is 6.66. The fraction of sp³-hybridized carbons (Fsp3) is 1.00. The van der Waals surface area contributed by atoms with Crippen molar-refractivity contribution >= 4 is 8.32 Å². The Kier molecular flexibility index (Phi) is 5.90. The first kappa shape index (κ1) is 18.2. The topological polar surface area (TPSA) is 12.5 Å². The Morgan fingerprint density at radius 1 is 1.05 bits per heavy atom. The smallest absolute Gasteiger partial charge is 0.200 e. The van der Waals surface area contributed by atoms with Crippen molar-refractivity contribution in [2.75, 3.05) is 20.7 Å². The molecule has 1 saturated carbocycles. The average molecular weight is 300 g/mol. The summed E-state index contributed by atoms with van der Waals surface area (Å²) in [5.41, 5.74) is 2.52. The molecule has 0 aliphatic heterocycles. The predicted molar refractivity (Wildman–Crippen MR) is 91.8 cm³/mol. The highest BCUT2D eigenvalue weighted by Crippen LogP contribution is 2.49. The van der Waals surface area contributed by atoms with Gasteiger partial charge in [0.15, 0.2) is 8.32 Å². The summed E-state index contributed by atoms with van der Waals surface area (Å²) in [6.07, 6.45) is 2.57. The van der Waals surface area contributed by atoms with Crippen molar-refractivity contribution in [3.8, 4) is 0 Å². The zero-order valence-corrected chi connectivity index (χ0v) is 16.3. The van der Waals surface area contributed by atoms with E-state index in [2.05, 4.69) is 67.5 Å². The maximum Gasteiger partial charge on any atom is 0.200 e. The summed E-state index contributed by atoms with van der Waals surface area (Å²) in [5.74, 6) is 0.829. The molecule has 0 amide bonds. The molecule has 0 heterocycles.